The number of likely N-dealkylation sites (N-methyl/N-ethyl adjacent to an activating group) is 1. The maximum Gasteiger partial charge on any atom is 0.316 e. The number of nitrogens with one attached hydrogen (secondary N) is 1. The van der Waals surface area contributed by atoms with Crippen LogP contribution in [0.4, 0.5) is 0 Å². The van der Waals surface area contributed by atoms with Crippen LogP contribution in [0.3, 0.4) is 0 Å². The first-order chi connectivity index (χ1) is 31.4. The molecule has 4 saturated heterocycles. The van der Waals surface area contributed by atoms with Gasteiger partial charge in [-0.05, 0) is 76.8 Å². The molecule has 1 spiro atoms. The number of hydrogen-bond acceptors (Lipinski definition) is 14. The third-order valence-electron chi connectivity index (χ3n) is 15.6. The van der Waals surface area contributed by atoms with E-state index in [4.69, 9.17) is 47.4 Å². The predicted octanol–water partition coefficient (Wildman–Crippen LogP) is 7.02. The van der Waals surface area contributed by atoms with Crippen molar-refractivity contribution in [1.82, 2.24) is 5.32 Å². The van der Waals surface area contributed by atoms with Gasteiger partial charge in [-0.25, -0.2) is 0 Å². The fourth-order valence-corrected chi connectivity index (χ4v) is 11.1. The monoisotopic (exact) mass is 930 g/mol. The summed E-state index contributed by atoms with van der Waals surface area (Å²) in [6.07, 6.45) is 10.5. The van der Waals surface area contributed by atoms with Crippen LogP contribution in [0.15, 0.2) is 59.3 Å². The molecule has 14 heteroatoms. The van der Waals surface area contributed by atoms with E-state index >= 15 is 0 Å². The Morgan fingerprint density at radius 3 is 2.35 bits per heavy atom. The molecule has 20 atom stereocenters. The summed E-state index contributed by atoms with van der Waals surface area (Å²) in [6, 6.07) is 0. The van der Waals surface area contributed by atoms with Gasteiger partial charge < -0.3 is 62.9 Å². The summed E-state index contributed by atoms with van der Waals surface area (Å²) < 4.78 is 64.9. The van der Waals surface area contributed by atoms with Crippen LogP contribution in [-0.4, -0.2) is 141 Å². The number of allylic oxidation sites excluding steroid dienone is 2. The third-order valence-corrected chi connectivity index (χ3v) is 15.6. The van der Waals surface area contributed by atoms with E-state index in [1.807, 2.05) is 53.0 Å². The van der Waals surface area contributed by atoms with Gasteiger partial charge in [-0.2, -0.15) is 0 Å². The minimum absolute atomic E-state index is 0.0399. The Morgan fingerprint density at radius 2 is 1.67 bits per heavy atom. The van der Waals surface area contributed by atoms with Crippen molar-refractivity contribution in [2.45, 2.75) is 211 Å². The normalized spacial score (nSPS) is 47.8. The SMILES string of the molecule is CC.CCC(C)C1OC2(C=C[C@@H]1C)CC1CC(C/C=C(\C)[C@@H](O[C@H]3CC(OC)[C@@H](O[C@H]4CC(OC)[C@](C)(NC)C(C)O4)C(C)O3)[C@@H](C)/C=C/C=C3\COC4C(O)C(C)=C[C@@H](C(=O)O1)[C@]34O)O2. The standard InChI is InChI=1S/C50H77NO13.C2H6/c1-13-27(2)44-30(5)19-20-49(64-44)25-36-22-35(63-49)18-17-29(4)43(28(3)15-14-16-34-26-57-46-42(52)31(6)21-37(47(53)60-36)50(34,46)54)61-40-23-38(55-11)45(32(7)58-40)62-41-24-39(56-12)48(9,51-10)33(8)59-41;1-2/h14-17,19-21,27-28,30,32-33,35-46,51-52,54H,13,18,22-26H2,1-12H3;1-2H3/b15-14+,29-17+,34-16+;/t27?,28-,30-,32?,33?,35?,36?,37-,38?,39?,40-,41-,42?,43-,44?,45-,46?,48+,49?,50+;/m0./s1. The molecule has 0 aromatic carbocycles. The van der Waals surface area contributed by atoms with Crippen molar-refractivity contribution in [2.75, 3.05) is 27.9 Å². The van der Waals surface area contributed by atoms with Crippen molar-refractivity contribution in [2.24, 2.45) is 23.7 Å². The second-order valence-corrected chi connectivity index (χ2v) is 19.9. The van der Waals surface area contributed by atoms with Crippen LogP contribution in [0.5, 0.6) is 0 Å². The second kappa shape index (κ2) is 22.2. The van der Waals surface area contributed by atoms with E-state index in [2.05, 4.69) is 59.0 Å². The Balaban J connectivity index is 0.00000355. The van der Waals surface area contributed by atoms with Crippen LogP contribution >= 0.6 is 0 Å². The van der Waals surface area contributed by atoms with Crippen molar-refractivity contribution in [3.05, 3.63) is 59.3 Å². The molecule has 3 N–H and O–H groups in total. The molecule has 0 saturated carbocycles. The number of carbonyl (C=O) groups is 1. The minimum Gasteiger partial charge on any atom is -0.462 e. The Bertz CT molecular complexity index is 1800. The van der Waals surface area contributed by atoms with Crippen molar-refractivity contribution in [1.29, 1.82) is 0 Å². The van der Waals surface area contributed by atoms with Gasteiger partial charge in [0.25, 0.3) is 0 Å². The van der Waals surface area contributed by atoms with E-state index < -0.39 is 72.5 Å². The van der Waals surface area contributed by atoms with Crippen molar-refractivity contribution >= 4 is 5.97 Å². The van der Waals surface area contributed by atoms with Gasteiger partial charge >= 0.3 is 5.97 Å². The van der Waals surface area contributed by atoms with E-state index in [9.17, 15) is 15.0 Å². The van der Waals surface area contributed by atoms with Crippen molar-refractivity contribution < 1.29 is 62.4 Å². The van der Waals surface area contributed by atoms with Crippen LogP contribution in [0.25, 0.3) is 0 Å². The van der Waals surface area contributed by atoms with Gasteiger partial charge in [0.15, 0.2) is 18.4 Å². The second-order valence-electron chi connectivity index (χ2n) is 19.9. The summed E-state index contributed by atoms with van der Waals surface area (Å²) in [5.74, 6) is -2.52. The molecule has 6 aliphatic heterocycles. The lowest BCUT2D eigenvalue weighted by Crippen LogP contribution is -2.65. The third kappa shape index (κ3) is 10.7. The van der Waals surface area contributed by atoms with Crippen LogP contribution in [0.1, 0.15) is 115 Å². The molecule has 1 aliphatic carbocycles. The summed E-state index contributed by atoms with van der Waals surface area (Å²) in [5, 5.41) is 27.2. The highest BCUT2D eigenvalue weighted by atomic mass is 16.7. The van der Waals surface area contributed by atoms with Crippen molar-refractivity contribution in [3.63, 3.8) is 0 Å². The lowest BCUT2D eigenvalue weighted by atomic mass is 9.71. The molecule has 2 bridgehead atoms. The number of aliphatic hydroxyl groups excluding tert-OH is 1. The van der Waals surface area contributed by atoms with Gasteiger partial charge in [0.05, 0.1) is 54.9 Å². The Hall–Kier alpha value is -2.31. The minimum atomic E-state index is -1.83. The van der Waals surface area contributed by atoms with Gasteiger partial charge in [-0.3, -0.25) is 4.79 Å². The highest BCUT2D eigenvalue weighted by Crippen LogP contribution is 2.47. The fourth-order valence-electron chi connectivity index (χ4n) is 11.1. The number of aliphatic hydroxyl groups is 2. The molecule has 0 amide bonds. The highest BCUT2D eigenvalue weighted by molar-refractivity contribution is 5.78. The first kappa shape index (κ1) is 53.0. The zero-order valence-corrected chi connectivity index (χ0v) is 42.2. The summed E-state index contributed by atoms with van der Waals surface area (Å²) >= 11 is 0. The number of esters is 1. The van der Waals surface area contributed by atoms with Crippen LogP contribution < -0.4 is 5.32 Å². The molecule has 7 rings (SSSR count). The number of fused-ring (bicyclic) bond motifs is 2. The lowest BCUT2D eigenvalue weighted by molar-refractivity contribution is -0.317. The first-order valence-corrected chi connectivity index (χ1v) is 24.8. The molecule has 66 heavy (non-hydrogen) atoms. The van der Waals surface area contributed by atoms with Crippen LogP contribution in [-0.2, 0) is 52.2 Å². The lowest BCUT2D eigenvalue weighted by Gasteiger charge is -2.49. The molecule has 374 valence electrons. The van der Waals surface area contributed by atoms with Crippen LogP contribution in [0.2, 0.25) is 0 Å². The maximum atomic E-state index is 14.4. The van der Waals surface area contributed by atoms with E-state index in [0.717, 1.165) is 12.0 Å². The topological polar surface area (TPSA) is 162 Å². The predicted molar refractivity (Wildman–Crippen MR) is 250 cm³/mol. The number of methoxy groups -OCH3 is 2. The van der Waals surface area contributed by atoms with Gasteiger partial charge in [-0.1, -0.05) is 84.4 Å². The molecule has 6 heterocycles. The first-order valence-electron chi connectivity index (χ1n) is 24.8. The number of rotatable bonds is 9. The molecular formula is C52H83NO13. The van der Waals surface area contributed by atoms with Crippen molar-refractivity contribution in [3.8, 4) is 0 Å². The summed E-state index contributed by atoms with van der Waals surface area (Å²) in [6.45, 7) is 22.5. The Labute approximate surface area is 394 Å². The van der Waals surface area contributed by atoms with Crippen LogP contribution in [0, 0.1) is 23.7 Å². The molecule has 7 aliphatic rings. The summed E-state index contributed by atoms with van der Waals surface area (Å²) in [4.78, 5) is 14.4. The average molecular weight is 930 g/mol. The average Bonchev–Trinajstić information content (AvgIpc) is 3.64. The molecule has 0 aromatic heterocycles. The smallest absolute Gasteiger partial charge is 0.316 e. The molecular weight excluding hydrogens is 847 g/mol. The number of hydrogen-bond donors (Lipinski definition) is 3. The number of carbonyl (C=O) groups excluding carboxylic acids is 1. The van der Waals surface area contributed by atoms with E-state index in [1.165, 1.54) is 0 Å². The van der Waals surface area contributed by atoms with E-state index in [1.54, 1.807) is 33.3 Å². The van der Waals surface area contributed by atoms with Gasteiger partial charge in [0.1, 0.15) is 35.9 Å². The summed E-state index contributed by atoms with van der Waals surface area (Å²) in [7, 11) is 5.32. The number of ether oxygens (including phenoxy) is 10. The Morgan fingerprint density at radius 1 is 0.939 bits per heavy atom. The molecule has 4 fully saturated rings. The van der Waals surface area contributed by atoms with E-state index in [0.29, 0.717) is 43.3 Å². The zero-order chi connectivity index (χ0) is 48.3. The Kier molecular flexibility index (Phi) is 17.8. The quantitative estimate of drug-likeness (QED) is 0.160. The highest BCUT2D eigenvalue weighted by Gasteiger charge is 2.60. The zero-order valence-electron chi connectivity index (χ0n) is 42.2. The van der Waals surface area contributed by atoms with Gasteiger partial charge in [0, 0.05) is 51.7 Å². The largest absolute Gasteiger partial charge is 0.462 e. The maximum absolute atomic E-state index is 14.4. The molecule has 14 nitrogen and oxygen atoms in total. The molecule has 0 aromatic rings. The van der Waals surface area contributed by atoms with Gasteiger partial charge in [0.2, 0.25) is 0 Å². The summed E-state index contributed by atoms with van der Waals surface area (Å²) in [5.41, 5.74) is -0.201. The molecule has 0 radical (unpaired) electrons. The molecule has 11 unspecified atom stereocenters. The van der Waals surface area contributed by atoms with Gasteiger partial charge in [-0.15, -0.1) is 0 Å². The fraction of sp³-hybridized carbons (Fsp3) is 0.788. The van der Waals surface area contributed by atoms with E-state index in [-0.39, 0.29) is 60.4 Å².